The highest BCUT2D eigenvalue weighted by Gasteiger charge is 2.33. The number of rotatable bonds is 3. The number of hydrogen-bond donors (Lipinski definition) is 0. The van der Waals surface area contributed by atoms with E-state index in [1.807, 2.05) is 16.3 Å². The smallest absolute Gasteiger partial charge is 0.254 e. The van der Waals surface area contributed by atoms with E-state index in [1.165, 1.54) is 9.78 Å². The van der Waals surface area contributed by atoms with Gasteiger partial charge in [0.05, 0.1) is 11.7 Å². The lowest BCUT2D eigenvalue weighted by Crippen LogP contribution is -2.31. The molecule has 0 unspecified atom stereocenters. The Bertz CT molecular complexity index is 815. The summed E-state index contributed by atoms with van der Waals surface area (Å²) in [5, 5.41) is 2.03. The number of thiophene rings is 1. The fraction of sp³-hybridized carbons (Fsp3) is 0.316. The lowest BCUT2D eigenvalue weighted by molar-refractivity contribution is -0.121. The van der Waals surface area contributed by atoms with E-state index >= 15 is 0 Å². The molecular weight excluding hydrogens is 336 g/mol. The highest BCUT2D eigenvalue weighted by atomic mass is 32.1. The second-order valence-electron chi connectivity index (χ2n) is 6.35. The van der Waals surface area contributed by atoms with Gasteiger partial charge in [0.15, 0.2) is 0 Å². The number of imide groups is 1. The maximum absolute atomic E-state index is 13.0. The Morgan fingerprint density at radius 3 is 2.60 bits per heavy atom. The minimum atomic E-state index is -0.202. The number of likely N-dealkylation sites (tertiary alicyclic amines) is 1. The molecule has 2 fully saturated rings. The van der Waals surface area contributed by atoms with Gasteiger partial charge in [-0.15, -0.1) is 11.3 Å². The molecule has 25 heavy (non-hydrogen) atoms. The third-order valence-corrected chi connectivity index (χ3v) is 5.76. The van der Waals surface area contributed by atoms with Crippen molar-refractivity contribution in [3.8, 4) is 0 Å². The largest absolute Gasteiger partial charge is 0.331 e. The van der Waals surface area contributed by atoms with Crippen molar-refractivity contribution < 1.29 is 14.4 Å². The quantitative estimate of drug-likeness (QED) is 0.794. The molecule has 3 heterocycles. The lowest BCUT2D eigenvalue weighted by atomic mass is 10.1. The van der Waals surface area contributed by atoms with E-state index in [9.17, 15) is 14.4 Å². The van der Waals surface area contributed by atoms with E-state index in [0.29, 0.717) is 11.3 Å². The molecule has 1 aromatic carbocycles. The van der Waals surface area contributed by atoms with Crippen LogP contribution in [-0.2, 0) is 9.59 Å². The number of nitrogens with zero attached hydrogens (tertiary/aromatic N) is 2. The third-order valence-electron chi connectivity index (χ3n) is 4.79. The van der Waals surface area contributed by atoms with Crippen LogP contribution >= 0.6 is 11.3 Å². The number of anilines is 1. The third kappa shape index (κ3) is 2.87. The van der Waals surface area contributed by atoms with Gasteiger partial charge in [-0.25, -0.2) is 0 Å². The molecule has 0 radical (unpaired) electrons. The van der Waals surface area contributed by atoms with Gasteiger partial charge in [0.2, 0.25) is 11.8 Å². The van der Waals surface area contributed by atoms with Gasteiger partial charge < -0.3 is 4.90 Å². The van der Waals surface area contributed by atoms with Crippen molar-refractivity contribution in [2.45, 2.75) is 31.7 Å². The molecule has 128 valence electrons. The molecule has 0 spiro atoms. The van der Waals surface area contributed by atoms with Gasteiger partial charge in [-0.05, 0) is 42.5 Å². The monoisotopic (exact) mass is 354 g/mol. The lowest BCUT2D eigenvalue weighted by Gasteiger charge is -2.24. The van der Waals surface area contributed by atoms with Crippen molar-refractivity contribution in [1.82, 2.24) is 4.90 Å². The Balaban J connectivity index is 1.61. The van der Waals surface area contributed by atoms with Crippen LogP contribution in [0.15, 0.2) is 41.8 Å². The number of benzene rings is 1. The van der Waals surface area contributed by atoms with Gasteiger partial charge in [-0.2, -0.15) is 0 Å². The summed E-state index contributed by atoms with van der Waals surface area (Å²) in [6, 6.07) is 11.0. The van der Waals surface area contributed by atoms with Crippen LogP contribution in [0.1, 0.15) is 47.0 Å². The molecule has 2 aliphatic rings. The van der Waals surface area contributed by atoms with Crippen LogP contribution in [0.5, 0.6) is 0 Å². The maximum Gasteiger partial charge on any atom is 0.254 e. The second kappa shape index (κ2) is 6.44. The zero-order valence-electron chi connectivity index (χ0n) is 13.7. The van der Waals surface area contributed by atoms with Crippen LogP contribution in [0.2, 0.25) is 0 Å². The first-order valence-corrected chi connectivity index (χ1v) is 9.33. The molecule has 5 nitrogen and oxygen atoms in total. The summed E-state index contributed by atoms with van der Waals surface area (Å²) in [4.78, 5) is 41.2. The van der Waals surface area contributed by atoms with Crippen LogP contribution < -0.4 is 4.90 Å². The molecule has 0 aliphatic carbocycles. The topological polar surface area (TPSA) is 57.7 Å². The Morgan fingerprint density at radius 2 is 1.88 bits per heavy atom. The average molecular weight is 354 g/mol. The molecule has 1 aromatic heterocycles. The predicted molar refractivity (Wildman–Crippen MR) is 95.5 cm³/mol. The minimum absolute atomic E-state index is 0.0446. The molecule has 2 saturated heterocycles. The van der Waals surface area contributed by atoms with Gasteiger partial charge >= 0.3 is 0 Å². The summed E-state index contributed by atoms with van der Waals surface area (Å²) in [5.74, 6) is -0.448. The van der Waals surface area contributed by atoms with E-state index < -0.39 is 0 Å². The first kappa shape index (κ1) is 16.0. The van der Waals surface area contributed by atoms with Crippen LogP contribution in [0.3, 0.4) is 0 Å². The molecule has 6 heteroatoms. The van der Waals surface area contributed by atoms with E-state index in [-0.39, 0.29) is 36.6 Å². The normalized spacial score (nSPS) is 20.6. The molecule has 0 saturated carbocycles. The summed E-state index contributed by atoms with van der Waals surface area (Å²) in [7, 11) is 0. The molecule has 2 aromatic rings. The van der Waals surface area contributed by atoms with Crippen molar-refractivity contribution in [3.05, 3.63) is 52.2 Å². The fourth-order valence-electron chi connectivity index (χ4n) is 3.59. The zero-order valence-corrected chi connectivity index (χ0v) is 14.5. The van der Waals surface area contributed by atoms with E-state index in [1.54, 1.807) is 35.6 Å². The minimum Gasteiger partial charge on any atom is -0.331 e. The standard InChI is InChI=1S/C19H18N2O3S/c22-17-8-9-18(23)21(17)14-5-1-4-13(12-14)19(24)20-10-2-6-15(20)16-7-3-11-25-16/h1,3-5,7,11-12,15H,2,6,8-10H2/t15-/m1/s1. The Labute approximate surface area is 149 Å². The molecule has 0 N–H and O–H groups in total. The predicted octanol–water partition coefficient (Wildman–Crippen LogP) is 3.38. The van der Waals surface area contributed by atoms with Crippen LogP contribution in [0.25, 0.3) is 0 Å². The SMILES string of the molecule is O=C1CCC(=O)N1c1cccc(C(=O)N2CCC[C@@H]2c2cccs2)c1. The van der Waals surface area contributed by atoms with Crippen molar-refractivity contribution in [2.24, 2.45) is 0 Å². The van der Waals surface area contributed by atoms with Gasteiger partial charge in [-0.3, -0.25) is 19.3 Å². The highest BCUT2D eigenvalue weighted by Crippen LogP contribution is 2.36. The van der Waals surface area contributed by atoms with Crippen molar-refractivity contribution in [2.75, 3.05) is 11.4 Å². The van der Waals surface area contributed by atoms with Crippen molar-refractivity contribution in [3.63, 3.8) is 0 Å². The Hall–Kier alpha value is -2.47. The molecule has 2 aliphatic heterocycles. The molecule has 4 rings (SSSR count). The van der Waals surface area contributed by atoms with Crippen molar-refractivity contribution in [1.29, 1.82) is 0 Å². The number of hydrogen-bond acceptors (Lipinski definition) is 4. The summed E-state index contributed by atoms with van der Waals surface area (Å²) < 4.78 is 0. The van der Waals surface area contributed by atoms with Crippen molar-refractivity contribution >= 4 is 34.7 Å². The maximum atomic E-state index is 13.0. The molecule has 3 amide bonds. The fourth-order valence-corrected chi connectivity index (χ4v) is 4.47. The summed E-state index contributed by atoms with van der Waals surface area (Å²) in [6.45, 7) is 0.729. The van der Waals surface area contributed by atoms with Gasteiger partial charge in [0.25, 0.3) is 5.91 Å². The Kier molecular flexibility index (Phi) is 4.13. The van der Waals surface area contributed by atoms with Gasteiger partial charge in [0, 0.05) is 29.8 Å². The van der Waals surface area contributed by atoms with Crippen LogP contribution in [-0.4, -0.2) is 29.2 Å². The second-order valence-corrected chi connectivity index (χ2v) is 7.32. The summed E-state index contributed by atoms with van der Waals surface area (Å²) in [6.07, 6.45) is 2.43. The van der Waals surface area contributed by atoms with Crippen LogP contribution in [0.4, 0.5) is 5.69 Å². The number of carbonyl (C=O) groups is 3. The van der Waals surface area contributed by atoms with E-state index in [2.05, 4.69) is 6.07 Å². The number of amides is 3. The molecular formula is C19H18N2O3S. The average Bonchev–Trinajstić information content (AvgIpc) is 3.35. The van der Waals surface area contributed by atoms with Gasteiger partial charge in [0.1, 0.15) is 0 Å². The Morgan fingerprint density at radius 1 is 1.08 bits per heavy atom. The molecule has 0 bridgehead atoms. The van der Waals surface area contributed by atoms with Crippen LogP contribution in [0, 0.1) is 0 Å². The van der Waals surface area contributed by atoms with Gasteiger partial charge in [-0.1, -0.05) is 12.1 Å². The molecule has 1 atom stereocenters. The summed E-state index contributed by atoms with van der Waals surface area (Å²) >= 11 is 1.67. The first-order valence-electron chi connectivity index (χ1n) is 8.45. The van der Waals surface area contributed by atoms with E-state index in [4.69, 9.17) is 0 Å². The summed E-state index contributed by atoms with van der Waals surface area (Å²) in [5.41, 5.74) is 1.01. The van der Waals surface area contributed by atoms with E-state index in [0.717, 1.165) is 19.4 Å². The number of carbonyl (C=O) groups excluding carboxylic acids is 3. The highest BCUT2D eigenvalue weighted by molar-refractivity contribution is 7.10. The zero-order chi connectivity index (χ0) is 17.4. The first-order chi connectivity index (χ1) is 12.1.